The summed E-state index contributed by atoms with van der Waals surface area (Å²) >= 11 is 1.97. The van der Waals surface area contributed by atoms with Gasteiger partial charge in [-0.15, -0.1) is 11.8 Å². The lowest BCUT2D eigenvalue weighted by molar-refractivity contribution is 0.451. The molecular formula is C11H16N2S. The van der Waals surface area contributed by atoms with Crippen molar-refractivity contribution < 1.29 is 0 Å². The molecule has 2 nitrogen and oxygen atoms in total. The topological polar surface area (TPSA) is 38.9 Å². The molecule has 76 valence electrons. The zero-order valence-corrected chi connectivity index (χ0v) is 9.04. The monoisotopic (exact) mass is 208 g/mol. The smallest absolute Gasteiger partial charge is 0.0278 e. The Bertz CT molecular complexity index is 268. The maximum Gasteiger partial charge on any atom is 0.0278 e. The molecule has 2 N–H and O–H groups in total. The van der Waals surface area contributed by atoms with E-state index in [1.807, 2.05) is 24.2 Å². The lowest BCUT2D eigenvalue weighted by Crippen LogP contribution is -2.27. The second kappa shape index (κ2) is 4.80. The first-order valence-corrected chi connectivity index (χ1v) is 6.05. The van der Waals surface area contributed by atoms with Crippen molar-refractivity contribution in [1.29, 1.82) is 0 Å². The summed E-state index contributed by atoms with van der Waals surface area (Å²) in [5.41, 5.74) is 5.87. The largest absolute Gasteiger partial charge is 0.328 e. The first-order chi connectivity index (χ1) is 6.84. The van der Waals surface area contributed by atoms with Crippen LogP contribution in [0.5, 0.6) is 0 Å². The second-order valence-corrected chi connectivity index (χ2v) is 5.21. The Balaban J connectivity index is 1.87. The summed E-state index contributed by atoms with van der Waals surface area (Å²) in [6.45, 7) is 0. The molecule has 1 heterocycles. The van der Waals surface area contributed by atoms with E-state index in [0.29, 0.717) is 6.04 Å². The Morgan fingerprint density at radius 1 is 1.14 bits per heavy atom. The van der Waals surface area contributed by atoms with Gasteiger partial charge in [0.15, 0.2) is 0 Å². The number of hydrogen-bond acceptors (Lipinski definition) is 3. The van der Waals surface area contributed by atoms with Crippen LogP contribution < -0.4 is 5.73 Å². The lowest BCUT2D eigenvalue weighted by atomic mass is 9.96. The third-order valence-corrected chi connectivity index (χ3v) is 4.02. The predicted molar refractivity (Wildman–Crippen MR) is 60.3 cm³/mol. The summed E-state index contributed by atoms with van der Waals surface area (Å²) in [5.74, 6) is 0. The molecule has 0 bridgehead atoms. The van der Waals surface area contributed by atoms with Crippen molar-refractivity contribution in [2.75, 3.05) is 0 Å². The first-order valence-electron chi connectivity index (χ1n) is 5.17. The Kier molecular flexibility index (Phi) is 3.43. The van der Waals surface area contributed by atoms with Crippen LogP contribution in [0.3, 0.4) is 0 Å². The van der Waals surface area contributed by atoms with Gasteiger partial charge >= 0.3 is 0 Å². The lowest BCUT2D eigenvalue weighted by Gasteiger charge is -2.25. The Morgan fingerprint density at radius 2 is 1.79 bits per heavy atom. The summed E-state index contributed by atoms with van der Waals surface area (Å²) < 4.78 is 0. The minimum Gasteiger partial charge on any atom is -0.328 e. The van der Waals surface area contributed by atoms with Gasteiger partial charge in [0.05, 0.1) is 0 Å². The average Bonchev–Trinajstić information content (AvgIpc) is 2.23. The SMILES string of the molecule is NC1CCC(Sc2ccncc2)CC1. The van der Waals surface area contributed by atoms with Crippen molar-refractivity contribution in [2.45, 2.75) is 41.9 Å². The van der Waals surface area contributed by atoms with Gasteiger partial charge in [-0.3, -0.25) is 4.98 Å². The first kappa shape index (κ1) is 9.99. The molecule has 0 spiro atoms. The van der Waals surface area contributed by atoms with E-state index in [1.54, 1.807) is 0 Å². The molecule has 3 heteroatoms. The van der Waals surface area contributed by atoms with Gasteiger partial charge in [-0.1, -0.05) is 0 Å². The maximum absolute atomic E-state index is 5.87. The fraction of sp³-hybridized carbons (Fsp3) is 0.545. The molecule has 0 amide bonds. The Hall–Kier alpha value is -0.540. The Morgan fingerprint density at radius 3 is 2.43 bits per heavy atom. The van der Waals surface area contributed by atoms with Crippen molar-refractivity contribution in [3.05, 3.63) is 24.5 Å². The Labute approximate surface area is 89.3 Å². The molecule has 2 rings (SSSR count). The van der Waals surface area contributed by atoms with Crippen LogP contribution in [0.1, 0.15) is 25.7 Å². The number of aromatic nitrogens is 1. The zero-order valence-electron chi connectivity index (χ0n) is 8.23. The molecular weight excluding hydrogens is 192 g/mol. The van der Waals surface area contributed by atoms with Crippen molar-refractivity contribution in [2.24, 2.45) is 5.73 Å². The van der Waals surface area contributed by atoms with Crippen LogP contribution in [0.15, 0.2) is 29.4 Å². The van der Waals surface area contributed by atoms with Crippen LogP contribution in [0.4, 0.5) is 0 Å². The summed E-state index contributed by atoms with van der Waals surface area (Å²) in [7, 11) is 0. The molecule has 1 saturated carbocycles. The molecule has 1 aromatic heterocycles. The summed E-state index contributed by atoms with van der Waals surface area (Å²) in [6, 6.07) is 4.61. The molecule has 1 aromatic rings. The van der Waals surface area contributed by atoms with Crippen LogP contribution in [-0.2, 0) is 0 Å². The molecule has 0 aliphatic heterocycles. The molecule has 1 aliphatic rings. The predicted octanol–water partition coefficient (Wildman–Crippen LogP) is 2.44. The van der Waals surface area contributed by atoms with E-state index in [9.17, 15) is 0 Å². The third-order valence-electron chi connectivity index (χ3n) is 2.67. The molecule has 1 fully saturated rings. The van der Waals surface area contributed by atoms with Gasteiger partial charge in [-0.2, -0.15) is 0 Å². The second-order valence-electron chi connectivity index (χ2n) is 3.84. The van der Waals surface area contributed by atoms with Gasteiger partial charge in [0.25, 0.3) is 0 Å². The fourth-order valence-corrected chi connectivity index (χ4v) is 2.99. The minimum atomic E-state index is 0.448. The van der Waals surface area contributed by atoms with Gasteiger partial charge in [0.1, 0.15) is 0 Å². The number of rotatable bonds is 2. The minimum absolute atomic E-state index is 0.448. The number of thioether (sulfide) groups is 1. The van der Waals surface area contributed by atoms with Crippen LogP contribution >= 0.6 is 11.8 Å². The normalized spacial score (nSPS) is 27.5. The van der Waals surface area contributed by atoms with E-state index >= 15 is 0 Å². The molecule has 1 aliphatic carbocycles. The average molecular weight is 208 g/mol. The van der Waals surface area contributed by atoms with Crippen molar-refractivity contribution in [3.63, 3.8) is 0 Å². The standard InChI is InChI=1S/C11H16N2S/c12-9-1-3-10(4-2-9)14-11-5-7-13-8-6-11/h5-10H,1-4,12H2. The number of hydrogen-bond donors (Lipinski definition) is 1. The molecule has 0 radical (unpaired) electrons. The van der Waals surface area contributed by atoms with Crippen molar-refractivity contribution >= 4 is 11.8 Å². The summed E-state index contributed by atoms with van der Waals surface area (Å²) in [4.78, 5) is 5.35. The van der Waals surface area contributed by atoms with Crippen LogP contribution in [-0.4, -0.2) is 16.3 Å². The number of nitrogens with zero attached hydrogens (tertiary/aromatic N) is 1. The summed E-state index contributed by atoms with van der Waals surface area (Å²) in [6.07, 6.45) is 8.60. The third kappa shape index (κ3) is 2.72. The van der Waals surface area contributed by atoms with Gasteiger partial charge in [-0.25, -0.2) is 0 Å². The van der Waals surface area contributed by atoms with Gasteiger partial charge in [0.2, 0.25) is 0 Å². The van der Waals surface area contributed by atoms with E-state index < -0.39 is 0 Å². The zero-order chi connectivity index (χ0) is 9.80. The molecule has 0 aromatic carbocycles. The van der Waals surface area contributed by atoms with Gasteiger partial charge in [-0.05, 0) is 37.8 Å². The van der Waals surface area contributed by atoms with E-state index in [0.717, 1.165) is 5.25 Å². The highest BCUT2D eigenvalue weighted by molar-refractivity contribution is 8.00. The molecule has 0 unspecified atom stereocenters. The molecule has 0 saturated heterocycles. The quantitative estimate of drug-likeness (QED) is 0.811. The highest BCUT2D eigenvalue weighted by Crippen LogP contribution is 2.32. The van der Waals surface area contributed by atoms with Crippen molar-refractivity contribution in [3.8, 4) is 0 Å². The van der Waals surface area contributed by atoms with E-state index in [-0.39, 0.29) is 0 Å². The van der Waals surface area contributed by atoms with Crippen LogP contribution in [0.25, 0.3) is 0 Å². The molecule has 0 atom stereocenters. The van der Waals surface area contributed by atoms with E-state index in [2.05, 4.69) is 17.1 Å². The highest BCUT2D eigenvalue weighted by Gasteiger charge is 2.18. The van der Waals surface area contributed by atoms with Crippen LogP contribution in [0, 0.1) is 0 Å². The number of pyridine rings is 1. The van der Waals surface area contributed by atoms with Crippen molar-refractivity contribution in [1.82, 2.24) is 4.98 Å². The molecule has 14 heavy (non-hydrogen) atoms. The van der Waals surface area contributed by atoms with Gasteiger partial charge in [0, 0.05) is 28.6 Å². The fourth-order valence-electron chi connectivity index (χ4n) is 1.82. The number of nitrogens with two attached hydrogens (primary N) is 1. The highest BCUT2D eigenvalue weighted by atomic mass is 32.2. The maximum atomic E-state index is 5.87. The van der Waals surface area contributed by atoms with Gasteiger partial charge < -0.3 is 5.73 Å². The van der Waals surface area contributed by atoms with E-state index in [4.69, 9.17) is 5.73 Å². The van der Waals surface area contributed by atoms with E-state index in [1.165, 1.54) is 30.6 Å². The van der Waals surface area contributed by atoms with Crippen LogP contribution in [0.2, 0.25) is 0 Å². The summed E-state index contributed by atoms with van der Waals surface area (Å²) in [5, 5.41) is 0.761.